The summed E-state index contributed by atoms with van der Waals surface area (Å²) in [7, 11) is 0. The van der Waals surface area contributed by atoms with Crippen LogP contribution in [0.1, 0.15) is 19.5 Å². The van der Waals surface area contributed by atoms with Crippen LogP contribution in [0.2, 0.25) is 10.2 Å². The topological polar surface area (TPSA) is 25.8 Å². The summed E-state index contributed by atoms with van der Waals surface area (Å²) in [4.78, 5) is 8.71. The summed E-state index contributed by atoms with van der Waals surface area (Å²) < 4.78 is 14.3. The van der Waals surface area contributed by atoms with Crippen LogP contribution in [0.4, 0.5) is 4.39 Å². The van der Waals surface area contributed by atoms with Crippen LogP contribution in [0.5, 0.6) is 0 Å². The second-order valence-corrected chi connectivity index (χ2v) is 6.73. The van der Waals surface area contributed by atoms with Gasteiger partial charge in [-0.3, -0.25) is 0 Å². The third-order valence-corrected chi connectivity index (χ3v) is 4.55. The number of hydrogen-bond acceptors (Lipinski definition) is 2. The van der Waals surface area contributed by atoms with Crippen molar-refractivity contribution in [1.29, 1.82) is 0 Å². The zero-order valence-electron chi connectivity index (χ0n) is 10.9. The Balaban J connectivity index is 2.54. The summed E-state index contributed by atoms with van der Waals surface area (Å²) in [6.45, 7) is 4.20. The molecule has 0 fully saturated rings. The van der Waals surface area contributed by atoms with Crippen molar-refractivity contribution in [2.75, 3.05) is 0 Å². The molecule has 1 heterocycles. The van der Waals surface area contributed by atoms with Crippen molar-refractivity contribution in [3.63, 3.8) is 0 Å². The fourth-order valence-electron chi connectivity index (χ4n) is 1.80. The molecular formula is C14H12Cl2FIN2. The van der Waals surface area contributed by atoms with E-state index >= 15 is 0 Å². The SMILES string of the molecule is CC(C)Cc1nc(-c2cc(F)cc(Cl)c2)nc(Cl)c1I. The number of benzene rings is 1. The van der Waals surface area contributed by atoms with Crippen LogP contribution in [0.15, 0.2) is 18.2 Å². The minimum absolute atomic E-state index is 0.309. The van der Waals surface area contributed by atoms with Gasteiger partial charge in [-0.15, -0.1) is 0 Å². The molecule has 0 spiro atoms. The van der Waals surface area contributed by atoms with Crippen molar-refractivity contribution < 1.29 is 4.39 Å². The fraction of sp³-hybridized carbons (Fsp3) is 0.286. The van der Waals surface area contributed by atoms with Gasteiger partial charge in [0, 0.05) is 10.6 Å². The Morgan fingerprint density at radius 2 is 1.90 bits per heavy atom. The normalized spacial score (nSPS) is 11.2. The Hall–Kier alpha value is -0.460. The van der Waals surface area contributed by atoms with E-state index in [4.69, 9.17) is 23.2 Å². The molecule has 106 valence electrons. The number of hydrogen-bond donors (Lipinski definition) is 0. The molecule has 0 atom stereocenters. The van der Waals surface area contributed by atoms with Crippen molar-refractivity contribution in [2.24, 2.45) is 5.92 Å². The summed E-state index contributed by atoms with van der Waals surface area (Å²) in [6, 6.07) is 4.22. The number of nitrogens with zero attached hydrogens (tertiary/aromatic N) is 2. The smallest absolute Gasteiger partial charge is 0.161 e. The summed E-state index contributed by atoms with van der Waals surface area (Å²) in [6.07, 6.45) is 0.788. The molecule has 2 rings (SSSR count). The van der Waals surface area contributed by atoms with Gasteiger partial charge in [0.1, 0.15) is 11.0 Å². The van der Waals surface area contributed by atoms with E-state index in [2.05, 4.69) is 46.4 Å². The molecule has 20 heavy (non-hydrogen) atoms. The second kappa shape index (κ2) is 6.54. The highest BCUT2D eigenvalue weighted by atomic mass is 127. The predicted molar refractivity (Wildman–Crippen MR) is 88.7 cm³/mol. The third-order valence-electron chi connectivity index (χ3n) is 2.60. The first-order chi connectivity index (χ1) is 9.36. The highest BCUT2D eigenvalue weighted by Crippen LogP contribution is 2.27. The molecule has 0 N–H and O–H groups in total. The lowest BCUT2D eigenvalue weighted by molar-refractivity contribution is 0.627. The van der Waals surface area contributed by atoms with Gasteiger partial charge in [0.05, 0.1) is 9.26 Å². The first-order valence-corrected chi connectivity index (χ1v) is 7.88. The molecule has 1 aromatic carbocycles. The van der Waals surface area contributed by atoms with Gasteiger partial charge < -0.3 is 0 Å². The summed E-state index contributed by atoms with van der Waals surface area (Å²) in [5.41, 5.74) is 1.40. The van der Waals surface area contributed by atoms with Gasteiger partial charge in [-0.05, 0) is 53.1 Å². The maximum absolute atomic E-state index is 13.4. The molecule has 0 aliphatic rings. The molecule has 0 unspecified atom stereocenters. The van der Waals surface area contributed by atoms with Crippen LogP contribution in [0.25, 0.3) is 11.4 Å². The van der Waals surface area contributed by atoms with E-state index in [-0.39, 0.29) is 0 Å². The molecule has 1 aromatic heterocycles. The first-order valence-electron chi connectivity index (χ1n) is 6.05. The second-order valence-electron chi connectivity index (χ2n) is 4.85. The maximum Gasteiger partial charge on any atom is 0.161 e. The Morgan fingerprint density at radius 3 is 2.50 bits per heavy atom. The van der Waals surface area contributed by atoms with E-state index in [0.29, 0.717) is 27.5 Å². The summed E-state index contributed by atoms with van der Waals surface area (Å²) >= 11 is 14.1. The highest BCUT2D eigenvalue weighted by Gasteiger charge is 2.14. The zero-order valence-corrected chi connectivity index (χ0v) is 14.6. The van der Waals surface area contributed by atoms with Gasteiger partial charge in [-0.25, -0.2) is 14.4 Å². The van der Waals surface area contributed by atoms with E-state index in [0.717, 1.165) is 15.7 Å². The Morgan fingerprint density at radius 1 is 1.20 bits per heavy atom. The third kappa shape index (κ3) is 3.80. The number of halogens is 4. The van der Waals surface area contributed by atoms with Crippen LogP contribution in [0.3, 0.4) is 0 Å². The molecule has 0 aliphatic carbocycles. The van der Waals surface area contributed by atoms with Crippen molar-refractivity contribution in [1.82, 2.24) is 9.97 Å². The van der Waals surface area contributed by atoms with Crippen LogP contribution in [-0.2, 0) is 6.42 Å². The predicted octanol–water partition coefficient (Wildman–Crippen LogP) is 5.39. The maximum atomic E-state index is 13.4. The molecule has 2 aromatic rings. The molecule has 0 saturated carbocycles. The summed E-state index contributed by atoms with van der Waals surface area (Å²) in [5.74, 6) is 0.419. The lowest BCUT2D eigenvalue weighted by Gasteiger charge is -2.10. The minimum atomic E-state index is -0.420. The van der Waals surface area contributed by atoms with E-state index in [1.807, 2.05) is 0 Å². The van der Waals surface area contributed by atoms with E-state index < -0.39 is 5.82 Å². The number of rotatable bonds is 3. The molecule has 2 nitrogen and oxygen atoms in total. The Labute approximate surface area is 140 Å². The Bertz CT molecular complexity index is 627. The van der Waals surface area contributed by atoms with Crippen LogP contribution in [-0.4, -0.2) is 9.97 Å². The van der Waals surface area contributed by atoms with Crippen molar-refractivity contribution in [3.8, 4) is 11.4 Å². The van der Waals surface area contributed by atoms with Crippen molar-refractivity contribution >= 4 is 45.8 Å². The van der Waals surface area contributed by atoms with Gasteiger partial charge in [-0.1, -0.05) is 37.0 Å². The number of aromatic nitrogens is 2. The van der Waals surface area contributed by atoms with Gasteiger partial charge in [0.25, 0.3) is 0 Å². The average molecular weight is 425 g/mol. The molecule has 0 radical (unpaired) electrons. The zero-order chi connectivity index (χ0) is 14.9. The summed E-state index contributed by atoms with van der Waals surface area (Å²) in [5, 5.41) is 0.690. The van der Waals surface area contributed by atoms with E-state index in [1.54, 1.807) is 6.07 Å². The van der Waals surface area contributed by atoms with Gasteiger partial charge in [-0.2, -0.15) is 0 Å². The average Bonchev–Trinajstić information content (AvgIpc) is 2.32. The van der Waals surface area contributed by atoms with Crippen LogP contribution in [0, 0.1) is 15.3 Å². The van der Waals surface area contributed by atoms with Crippen molar-refractivity contribution in [3.05, 3.63) is 43.5 Å². The van der Waals surface area contributed by atoms with E-state index in [1.165, 1.54) is 12.1 Å². The van der Waals surface area contributed by atoms with Crippen LogP contribution >= 0.6 is 45.8 Å². The van der Waals surface area contributed by atoms with Gasteiger partial charge in [0.15, 0.2) is 5.82 Å². The standard InChI is InChI=1S/C14H12Cl2FIN2/c1-7(2)3-11-12(18)13(16)20-14(19-11)8-4-9(15)6-10(17)5-8/h4-7H,3H2,1-2H3. The Kier molecular flexibility index (Phi) is 5.20. The van der Waals surface area contributed by atoms with Gasteiger partial charge in [0.2, 0.25) is 0 Å². The largest absolute Gasteiger partial charge is 0.232 e. The molecule has 0 bridgehead atoms. The molecular weight excluding hydrogens is 413 g/mol. The lowest BCUT2D eigenvalue weighted by Crippen LogP contribution is -2.04. The fourth-order valence-corrected chi connectivity index (χ4v) is 2.67. The monoisotopic (exact) mass is 424 g/mol. The highest BCUT2D eigenvalue weighted by molar-refractivity contribution is 14.1. The van der Waals surface area contributed by atoms with Crippen molar-refractivity contribution in [2.45, 2.75) is 20.3 Å². The van der Waals surface area contributed by atoms with E-state index in [9.17, 15) is 4.39 Å². The lowest BCUT2D eigenvalue weighted by atomic mass is 10.1. The molecule has 0 aliphatic heterocycles. The first kappa shape index (κ1) is 15.9. The molecule has 6 heteroatoms. The van der Waals surface area contributed by atoms with Crippen LogP contribution < -0.4 is 0 Å². The minimum Gasteiger partial charge on any atom is -0.232 e. The molecule has 0 saturated heterocycles. The van der Waals surface area contributed by atoms with Gasteiger partial charge >= 0.3 is 0 Å². The molecule has 0 amide bonds. The quantitative estimate of drug-likeness (QED) is 0.487.